The summed E-state index contributed by atoms with van der Waals surface area (Å²) < 4.78 is 0. The second-order valence-electron chi connectivity index (χ2n) is 3.55. The molecule has 6 heteroatoms. The summed E-state index contributed by atoms with van der Waals surface area (Å²) in [6, 6.07) is 0. The van der Waals surface area contributed by atoms with Crippen molar-refractivity contribution < 1.29 is 5.11 Å². The van der Waals surface area contributed by atoms with Gasteiger partial charge in [-0.2, -0.15) is 4.80 Å². The van der Waals surface area contributed by atoms with E-state index in [4.69, 9.17) is 5.11 Å². The Kier molecular flexibility index (Phi) is 5.20. The Bertz CT molecular complexity index is 275. The van der Waals surface area contributed by atoms with Crippen molar-refractivity contribution in [3.63, 3.8) is 0 Å². The first-order valence-corrected chi connectivity index (χ1v) is 5.32. The van der Waals surface area contributed by atoms with E-state index in [0.29, 0.717) is 18.9 Å². The largest absolute Gasteiger partial charge is 0.395 e. The predicted molar refractivity (Wildman–Crippen MR) is 56.1 cm³/mol. The summed E-state index contributed by atoms with van der Waals surface area (Å²) in [6.07, 6.45) is 2.27. The summed E-state index contributed by atoms with van der Waals surface area (Å²) in [5, 5.41) is 20.7. The van der Waals surface area contributed by atoms with Crippen LogP contribution in [0.3, 0.4) is 0 Å². The molecule has 1 rings (SSSR count). The van der Waals surface area contributed by atoms with Crippen molar-refractivity contribution in [2.45, 2.75) is 26.3 Å². The minimum absolute atomic E-state index is 0.171. The summed E-state index contributed by atoms with van der Waals surface area (Å²) in [6.45, 7) is 4.61. The van der Waals surface area contributed by atoms with Gasteiger partial charge in [0, 0.05) is 6.54 Å². The van der Waals surface area contributed by atoms with Crippen molar-refractivity contribution in [3.8, 4) is 0 Å². The summed E-state index contributed by atoms with van der Waals surface area (Å²) in [5.74, 6) is 0.710. The number of aromatic nitrogens is 4. The van der Waals surface area contributed by atoms with Gasteiger partial charge in [0.05, 0.1) is 20.2 Å². The Morgan fingerprint density at radius 2 is 2.20 bits per heavy atom. The lowest BCUT2D eigenvalue weighted by atomic mass is 10.3. The molecule has 1 aromatic rings. The first-order valence-electron chi connectivity index (χ1n) is 5.32. The zero-order valence-corrected chi connectivity index (χ0v) is 9.43. The van der Waals surface area contributed by atoms with Crippen LogP contribution in [0.15, 0.2) is 0 Å². The number of nitrogens with zero attached hydrogens (tertiary/aromatic N) is 5. The van der Waals surface area contributed by atoms with E-state index in [0.717, 1.165) is 19.4 Å². The molecular weight excluding hydrogens is 194 g/mol. The number of unbranched alkanes of at least 4 members (excludes halogenated alkanes) is 1. The summed E-state index contributed by atoms with van der Waals surface area (Å²) in [4.78, 5) is 3.59. The molecule has 0 saturated heterocycles. The first-order chi connectivity index (χ1) is 7.26. The van der Waals surface area contributed by atoms with E-state index in [1.54, 1.807) is 7.05 Å². The van der Waals surface area contributed by atoms with Crippen LogP contribution in [0.1, 0.15) is 25.6 Å². The average Bonchev–Trinajstić information content (AvgIpc) is 2.61. The van der Waals surface area contributed by atoms with Crippen LogP contribution in [0.25, 0.3) is 0 Å². The minimum Gasteiger partial charge on any atom is -0.395 e. The van der Waals surface area contributed by atoms with Crippen LogP contribution in [-0.2, 0) is 13.6 Å². The predicted octanol–water partition coefficient (Wildman–Crippen LogP) is -0.195. The van der Waals surface area contributed by atoms with E-state index in [1.807, 2.05) is 0 Å². The lowest BCUT2D eigenvalue weighted by molar-refractivity contribution is 0.185. The molecule has 0 saturated carbocycles. The molecule has 6 nitrogen and oxygen atoms in total. The molecule has 0 atom stereocenters. The highest BCUT2D eigenvalue weighted by molar-refractivity contribution is 4.77. The maximum absolute atomic E-state index is 8.92. The quantitative estimate of drug-likeness (QED) is 0.679. The van der Waals surface area contributed by atoms with Gasteiger partial charge in [0.1, 0.15) is 0 Å². The molecule has 0 unspecified atom stereocenters. The molecule has 0 aliphatic heterocycles. The van der Waals surface area contributed by atoms with Gasteiger partial charge in [-0.1, -0.05) is 13.3 Å². The zero-order chi connectivity index (χ0) is 11.1. The second-order valence-corrected chi connectivity index (χ2v) is 3.55. The number of aryl methyl sites for hydroxylation is 1. The van der Waals surface area contributed by atoms with Crippen molar-refractivity contribution in [2.24, 2.45) is 7.05 Å². The second kappa shape index (κ2) is 6.47. The van der Waals surface area contributed by atoms with Crippen molar-refractivity contribution >= 4 is 0 Å². The smallest absolute Gasteiger partial charge is 0.188 e. The van der Waals surface area contributed by atoms with Crippen LogP contribution >= 0.6 is 0 Å². The molecule has 0 aromatic carbocycles. The van der Waals surface area contributed by atoms with Gasteiger partial charge in [0.15, 0.2) is 5.82 Å². The van der Waals surface area contributed by atoms with Crippen molar-refractivity contribution in [1.29, 1.82) is 0 Å². The van der Waals surface area contributed by atoms with Gasteiger partial charge in [-0.15, -0.1) is 10.2 Å². The van der Waals surface area contributed by atoms with E-state index >= 15 is 0 Å². The fourth-order valence-corrected chi connectivity index (χ4v) is 1.38. The van der Waals surface area contributed by atoms with Crippen LogP contribution in [0.5, 0.6) is 0 Å². The van der Waals surface area contributed by atoms with Gasteiger partial charge in [0.25, 0.3) is 0 Å². The Morgan fingerprint density at radius 1 is 1.40 bits per heavy atom. The standard InChI is InChI=1S/C9H19N5O/c1-3-4-5-14(6-7-15)8-9-10-12-13(2)11-9/h15H,3-8H2,1-2H3. The van der Waals surface area contributed by atoms with Crippen molar-refractivity contribution in [3.05, 3.63) is 5.82 Å². The molecule has 0 spiro atoms. The number of tetrazole rings is 1. The monoisotopic (exact) mass is 213 g/mol. The number of aliphatic hydroxyl groups excluding tert-OH is 1. The fraction of sp³-hybridized carbons (Fsp3) is 0.889. The Labute approximate surface area is 89.9 Å². The van der Waals surface area contributed by atoms with E-state index in [9.17, 15) is 0 Å². The van der Waals surface area contributed by atoms with Gasteiger partial charge in [-0.3, -0.25) is 4.90 Å². The molecule has 1 aromatic heterocycles. The third-order valence-electron chi connectivity index (χ3n) is 2.16. The topological polar surface area (TPSA) is 67.1 Å². The molecule has 1 N–H and O–H groups in total. The van der Waals surface area contributed by atoms with Crippen LogP contribution in [0, 0.1) is 0 Å². The van der Waals surface area contributed by atoms with Gasteiger partial charge in [-0.05, 0) is 18.2 Å². The average molecular weight is 213 g/mol. The third kappa shape index (κ3) is 4.35. The van der Waals surface area contributed by atoms with Gasteiger partial charge in [0.2, 0.25) is 0 Å². The van der Waals surface area contributed by atoms with Crippen LogP contribution in [-0.4, -0.2) is 49.9 Å². The number of aliphatic hydroxyl groups is 1. The molecule has 0 aliphatic rings. The third-order valence-corrected chi connectivity index (χ3v) is 2.16. The normalized spacial score (nSPS) is 11.2. The molecule has 0 fully saturated rings. The fourth-order valence-electron chi connectivity index (χ4n) is 1.38. The Hall–Kier alpha value is -1.01. The number of hydrogen-bond donors (Lipinski definition) is 1. The SMILES string of the molecule is CCCCN(CCO)Cc1nnn(C)n1. The molecule has 0 bridgehead atoms. The zero-order valence-electron chi connectivity index (χ0n) is 9.43. The molecule has 0 aliphatic carbocycles. The van der Waals surface area contributed by atoms with E-state index in [-0.39, 0.29) is 6.61 Å². The molecule has 1 heterocycles. The van der Waals surface area contributed by atoms with Crippen LogP contribution in [0.2, 0.25) is 0 Å². The highest BCUT2D eigenvalue weighted by atomic mass is 16.3. The molecule has 0 radical (unpaired) electrons. The maximum atomic E-state index is 8.92. The van der Waals surface area contributed by atoms with Gasteiger partial charge in [-0.25, -0.2) is 0 Å². The highest BCUT2D eigenvalue weighted by Gasteiger charge is 2.08. The van der Waals surface area contributed by atoms with Crippen LogP contribution in [0.4, 0.5) is 0 Å². The molecule has 86 valence electrons. The van der Waals surface area contributed by atoms with E-state index < -0.39 is 0 Å². The van der Waals surface area contributed by atoms with Crippen molar-refractivity contribution in [1.82, 2.24) is 25.1 Å². The van der Waals surface area contributed by atoms with E-state index in [1.165, 1.54) is 4.80 Å². The highest BCUT2D eigenvalue weighted by Crippen LogP contribution is 1.99. The summed E-state index contributed by atoms with van der Waals surface area (Å²) in [5.41, 5.74) is 0. The van der Waals surface area contributed by atoms with Crippen LogP contribution < -0.4 is 0 Å². The lowest BCUT2D eigenvalue weighted by Gasteiger charge is -2.18. The Morgan fingerprint density at radius 3 is 2.73 bits per heavy atom. The Balaban J connectivity index is 2.42. The molecule has 0 amide bonds. The van der Waals surface area contributed by atoms with Crippen molar-refractivity contribution in [2.75, 3.05) is 19.7 Å². The first kappa shape index (κ1) is 12.1. The lowest BCUT2D eigenvalue weighted by Crippen LogP contribution is -2.28. The van der Waals surface area contributed by atoms with Gasteiger partial charge < -0.3 is 5.11 Å². The maximum Gasteiger partial charge on any atom is 0.188 e. The molecule has 15 heavy (non-hydrogen) atoms. The van der Waals surface area contributed by atoms with E-state index in [2.05, 4.69) is 27.2 Å². The minimum atomic E-state index is 0.171. The summed E-state index contributed by atoms with van der Waals surface area (Å²) >= 11 is 0. The number of rotatable bonds is 7. The summed E-state index contributed by atoms with van der Waals surface area (Å²) in [7, 11) is 1.75. The molecular formula is C9H19N5O. The number of hydrogen-bond acceptors (Lipinski definition) is 5. The van der Waals surface area contributed by atoms with Gasteiger partial charge >= 0.3 is 0 Å².